The summed E-state index contributed by atoms with van der Waals surface area (Å²) in [6, 6.07) is 11.5. The van der Waals surface area contributed by atoms with Crippen molar-refractivity contribution in [3.63, 3.8) is 0 Å². The number of ether oxygens (including phenoxy) is 1. The van der Waals surface area contributed by atoms with Crippen molar-refractivity contribution in [3.05, 3.63) is 59.9 Å². The molecule has 1 aromatic carbocycles. The van der Waals surface area contributed by atoms with E-state index in [2.05, 4.69) is 9.97 Å². The SMILES string of the molecule is Cc1cccc(-c2[nH]c(-c3ccncc3)cc2OC(N)=O)c1C. The van der Waals surface area contributed by atoms with Crippen LogP contribution in [0, 0.1) is 13.8 Å². The highest BCUT2D eigenvalue weighted by Crippen LogP contribution is 2.36. The molecule has 0 aliphatic carbocycles. The van der Waals surface area contributed by atoms with E-state index in [1.807, 2.05) is 44.2 Å². The van der Waals surface area contributed by atoms with Gasteiger partial charge in [0.2, 0.25) is 0 Å². The van der Waals surface area contributed by atoms with Crippen LogP contribution in [0.15, 0.2) is 48.8 Å². The maximum atomic E-state index is 11.2. The van der Waals surface area contributed by atoms with Crippen molar-refractivity contribution in [2.75, 3.05) is 0 Å². The van der Waals surface area contributed by atoms with E-state index >= 15 is 0 Å². The molecular weight excluding hydrogens is 290 g/mol. The summed E-state index contributed by atoms with van der Waals surface area (Å²) in [7, 11) is 0. The smallest absolute Gasteiger partial charge is 0.408 e. The van der Waals surface area contributed by atoms with E-state index in [4.69, 9.17) is 10.5 Å². The number of carbonyl (C=O) groups excluding carboxylic acids is 1. The van der Waals surface area contributed by atoms with E-state index in [0.717, 1.165) is 33.6 Å². The Morgan fingerprint density at radius 2 is 1.91 bits per heavy atom. The van der Waals surface area contributed by atoms with E-state index in [1.165, 1.54) is 0 Å². The Balaban J connectivity index is 2.16. The lowest BCUT2D eigenvalue weighted by atomic mass is 10.0. The van der Waals surface area contributed by atoms with Gasteiger partial charge in [-0.05, 0) is 37.1 Å². The molecule has 0 fully saturated rings. The first-order chi connectivity index (χ1) is 11.1. The first-order valence-electron chi connectivity index (χ1n) is 7.23. The molecule has 5 heteroatoms. The first kappa shape index (κ1) is 14.8. The van der Waals surface area contributed by atoms with Crippen LogP contribution in [0.1, 0.15) is 11.1 Å². The standard InChI is InChI=1S/C18H17N3O2/c1-11-4-3-5-14(12(11)2)17-16(23-18(19)22)10-15(21-17)13-6-8-20-9-7-13/h3-10,21H,1-2H3,(H2,19,22). The zero-order chi connectivity index (χ0) is 16.4. The average molecular weight is 307 g/mol. The minimum absolute atomic E-state index is 0.415. The van der Waals surface area contributed by atoms with Crippen molar-refractivity contribution in [1.29, 1.82) is 0 Å². The van der Waals surface area contributed by atoms with Gasteiger partial charge in [-0.1, -0.05) is 18.2 Å². The van der Waals surface area contributed by atoms with Crippen molar-refractivity contribution < 1.29 is 9.53 Å². The summed E-state index contributed by atoms with van der Waals surface area (Å²) in [4.78, 5) is 18.6. The molecule has 0 unspecified atom stereocenters. The molecule has 3 rings (SSSR count). The summed E-state index contributed by atoms with van der Waals surface area (Å²) in [6.45, 7) is 4.08. The fraction of sp³-hybridized carbons (Fsp3) is 0.111. The quantitative estimate of drug-likeness (QED) is 0.772. The number of hydrogen-bond acceptors (Lipinski definition) is 3. The molecule has 3 N–H and O–H groups in total. The highest BCUT2D eigenvalue weighted by Gasteiger charge is 2.16. The fourth-order valence-electron chi connectivity index (χ4n) is 2.53. The lowest BCUT2D eigenvalue weighted by Gasteiger charge is -2.09. The Morgan fingerprint density at radius 3 is 2.61 bits per heavy atom. The van der Waals surface area contributed by atoms with Crippen molar-refractivity contribution in [2.45, 2.75) is 13.8 Å². The van der Waals surface area contributed by atoms with Crippen molar-refractivity contribution in [3.8, 4) is 28.3 Å². The number of H-pyrrole nitrogens is 1. The number of carbonyl (C=O) groups is 1. The third kappa shape index (κ3) is 2.94. The van der Waals surface area contributed by atoms with Gasteiger partial charge in [-0.3, -0.25) is 4.98 Å². The maximum Gasteiger partial charge on any atom is 0.410 e. The molecule has 0 saturated carbocycles. The molecule has 2 heterocycles. The van der Waals surface area contributed by atoms with Crippen molar-refractivity contribution in [1.82, 2.24) is 9.97 Å². The second-order valence-electron chi connectivity index (χ2n) is 5.33. The van der Waals surface area contributed by atoms with Crippen LogP contribution in [-0.4, -0.2) is 16.1 Å². The predicted molar refractivity (Wildman–Crippen MR) is 89.1 cm³/mol. The van der Waals surface area contributed by atoms with Crippen LogP contribution < -0.4 is 10.5 Å². The number of primary amides is 1. The number of aromatic nitrogens is 2. The number of benzene rings is 1. The molecule has 0 aliphatic heterocycles. The van der Waals surface area contributed by atoms with Crippen LogP contribution in [0.4, 0.5) is 4.79 Å². The normalized spacial score (nSPS) is 10.5. The summed E-state index contributed by atoms with van der Waals surface area (Å²) in [5.74, 6) is 0.415. The lowest BCUT2D eigenvalue weighted by molar-refractivity contribution is 0.211. The number of aromatic amines is 1. The number of amides is 1. The van der Waals surface area contributed by atoms with E-state index < -0.39 is 6.09 Å². The van der Waals surface area contributed by atoms with Crippen molar-refractivity contribution >= 4 is 6.09 Å². The molecule has 0 radical (unpaired) electrons. The number of nitrogens with zero attached hydrogens (tertiary/aromatic N) is 1. The highest BCUT2D eigenvalue weighted by atomic mass is 16.5. The number of hydrogen-bond donors (Lipinski definition) is 2. The van der Waals surface area contributed by atoms with E-state index in [9.17, 15) is 4.79 Å². The van der Waals surface area contributed by atoms with Crippen LogP contribution >= 0.6 is 0 Å². The van der Waals surface area contributed by atoms with Gasteiger partial charge >= 0.3 is 6.09 Å². The van der Waals surface area contributed by atoms with Gasteiger partial charge in [0, 0.05) is 35.3 Å². The minimum atomic E-state index is -0.836. The Hall–Kier alpha value is -3.08. The Labute approximate surface area is 134 Å². The summed E-state index contributed by atoms with van der Waals surface area (Å²) in [5, 5.41) is 0. The molecule has 23 heavy (non-hydrogen) atoms. The van der Waals surface area contributed by atoms with Gasteiger partial charge < -0.3 is 15.5 Å². The molecule has 0 aliphatic rings. The number of nitrogens with one attached hydrogen (secondary N) is 1. The van der Waals surface area contributed by atoms with Crippen LogP contribution in [-0.2, 0) is 0 Å². The number of rotatable bonds is 3. The van der Waals surface area contributed by atoms with Gasteiger partial charge in [-0.15, -0.1) is 0 Å². The third-order valence-electron chi connectivity index (χ3n) is 3.86. The summed E-state index contributed by atoms with van der Waals surface area (Å²) >= 11 is 0. The molecule has 0 spiro atoms. The van der Waals surface area contributed by atoms with Gasteiger partial charge in [-0.25, -0.2) is 4.79 Å². The molecule has 5 nitrogen and oxygen atoms in total. The second-order valence-corrected chi connectivity index (χ2v) is 5.33. The van der Waals surface area contributed by atoms with Gasteiger partial charge in [0.25, 0.3) is 0 Å². The zero-order valence-corrected chi connectivity index (χ0v) is 13.0. The van der Waals surface area contributed by atoms with E-state index in [1.54, 1.807) is 18.5 Å². The molecule has 116 valence electrons. The topological polar surface area (TPSA) is 81.0 Å². The largest absolute Gasteiger partial charge is 0.410 e. The third-order valence-corrected chi connectivity index (χ3v) is 3.86. The van der Waals surface area contributed by atoms with Crippen LogP contribution in [0.5, 0.6) is 5.75 Å². The summed E-state index contributed by atoms with van der Waals surface area (Å²) < 4.78 is 5.19. The Kier molecular flexibility index (Phi) is 3.85. The lowest BCUT2D eigenvalue weighted by Crippen LogP contribution is -2.16. The highest BCUT2D eigenvalue weighted by molar-refractivity contribution is 5.80. The van der Waals surface area contributed by atoms with Crippen molar-refractivity contribution in [2.24, 2.45) is 5.73 Å². The second kappa shape index (κ2) is 5.96. The summed E-state index contributed by atoms with van der Waals surface area (Å²) in [5.41, 5.74) is 11.0. The maximum absolute atomic E-state index is 11.2. The van der Waals surface area contributed by atoms with Crippen LogP contribution in [0.25, 0.3) is 22.5 Å². The van der Waals surface area contributed by atoms with Crippen LogP contribution in [0.2, 0.25) is 0 Å². The monoisotopic (exact) mass is 307 g/mol. The molecule has 2 aromatic heterocycles. The molecular formula is C18H17N3O2. The van der Waals surface area contributed by atoms with E-state index in [0.29, 0.717) is 5.75 Å². The summed E-state index contributed by atoms with van der Waals surface area (Å²) in [6.07, 6.45) is 2.59. The van der Waals surface area contributed by atoms with Crippen LogP contribution in [0.3, 0.4) is 0 Å². The molecule has 0 saturated heterocycles. The Morgan fingerprint density at radius 1 is 1.17 bits per heavy atom. The van der Waals surface area contributed by atoms with E-state index in [-0.39, 0.29) is 0 Å². The van der Waals surface area contributed by atoms with Gasteiger partial charge in [0.1, 0.15) is 0 Å². The molecule has 1 amide bonds. The minimum Gasteiger partial charge on any atom is -0.408 e. The average Bonchev–Trinajstić information content (AvgIpc) is 2.94. The zero-order valence-electron chi connectivity index (χ0n) is 13.0. The van der Waals surface area contributed by atoms with Gasteiger partial charge in [-0.2, -0.15) is 0 Å². The van der Waals surface area contributed by atoms with Gasteiger partial charge in [0.15, 0.2) is 5.75 Å². The predicted octanol–water partition coefficient (Wildman–Crippen LogP) is 3.82. The number of nitrogens with two attached hydrogens (primary N) is 1. The number of pyridine rings is 1. The van der Waals surface area contributed by atoms with Gasteiger partial charge in [0.05, 0.1) is 5.69 Å². The fourth-order valence-corrected chi connectivity index (χ4v) is 2.53. The molecule has 3 aromatic rings. The molecule has 0 atom stereocenters. The first-order valence-corrected chi connectivity index (χ1v) is 7.23. The number of aryl methyl sites for hydroxylation is 1. The molecule has 0 bridgehead atoms. The Bertz CT molecular complexity index is 854.